The fraction of sp³-hybridized carbons (Fsp3) is 0.950. The second kappa shape index (κ2) is 71.7. The molecule has 0 bridgehead atoms. The number of aliphatic hydroxyl groups is 1. The zero-order chi connectivity index (χ0) is 72.8. The third kappa shape index (κ3) is 72.8. The molecule has 0 aromatic carbocycles. The second-order valence-electron chi connectivity index (χ2n) is 29.5. The highest BCUT2D eigenvalue weighted by molar-refractivity contribution is 7.47. The maximum atomic E-state index is 13.1. The number of carbonyl (C=O) groups excluding carboxylic acids is 4. The Morgan fingerprint density at radius 3 is 0.768 bits per heavy atom. The van der Waals surface area contributed by atoms with E-state index in [0.29, 0.717) is 25.7 Å². The highest BCUT2D eigenvalue weighted by Gasteiger charge is 2.30. The molecule has 3 unspecified atom stereocenters. The number of phosphoric acid groups is 2. The Labute approximate surface area is 607 Å². The van der Waals surface area contributed by atoms with Crippen molar-refractivity contribution < 1.29 is 80.2 Å². The minimum absolute atomic E-state index is 0.106. The van der Waals surface area contributed by atoms with Gasteiger partial charge in [-0.3, -0.25) is 37.3 Å². The van der Waals surface area contributed by atoms with Gasteiger partial charge >= 0.3 is 39.5 Å². The minimum atomic E-state index is -4.96. The lowest BCUT2D eigenvalue weighted by molar-refractivity contribution is -0.161. The van der Waals surface area contributed by atoms with Crippen LogP contribution in [0.2, 0.25) is 0 Å². The van der Waals surface area contributed by atoms with E-state index in [9.17, 15) is 43.2 Å². The number of carbonyl (C=O) groups is 4. The van der Waals surface area contributed by atoms with E-state index in [1.54, 1.807) is 0 Å². The summed E-state index contributed by atoms with van der Waals surface area (Å²) in [7, 11) is -9.92. The summed E-state index contributed by atoms with van der Waals surface area (Å²) in [5, 5.41) is 10.6. The molecule has 0 aliphatic rings. The normalized spacial score (nSPS) is 14.2. The molecule has 0 radical (unpaired) electrons. The molecule has 0 saturated heterocycles. The number of aliphatic hydroxyl groups excluding tert-OH is 1. The van der Waals surface area contributed by atoms with Gasteiger partial charge in [-0.1, -0.05) is 369 Å². The van der Waals surface area contributed by atoms with Crippen LogP contribution in [0, 0.1) is 11.8 Å². The number of phosphoric ester groups is 2. The van der Waals surface area contributed by atoms with Crippen LogP contribution in [-0.2, 0) is 65.4 Å². The standard InChI is InChI=1S/C80H156O17P2/c1-7-10-12-14-16-18-20-22-24-26-28-30-32-36-40-44-52-58-64-79(84)96-75(68-90-77(82)62-56-50-43-39-35-31-29-27-25-23-21-19-17-15-13-11-8-2)70-94-98(86,87)92-66-74(81)67-93-99(88,89)95-71-76(69-91-78(83)63-57-51-47-46-49-55-61-73(6)9-3)97-80(85)65-59-53-45-41-37-33-34-38-42-48-54-60-72(4)5/h72-76,81H,7-71H2,1-6H3,(H,86,87)(H,88,89)/t73?,74-,75-,76-/m1/s1. The molecule has 0 heterocycles. The molecule has 0 aromatic heterocycles. The average Bonchev–Trinajstić information content (AvgIpc) is 1.03. The summed E-state index contributed by atoms with van der Waals surface area (Å²) in [4.78, 5) is 73.0. The van der Waals surface area contributed by atoms with Gasteiger partial charge in [-0.25, -0.2) is 9.13 Å². The maximum Gasteiger partial charge on any atom is 0.472 e. The lowest BCUT2D eigenvalue weighted by atomic mass is 10.00. The van der Waals surface area contributed by atoms with Gasteiger partial charge < -0.3 is 33.8 Å². The Bertz CT molecular complexity index is 1910. The number of rotatable bonds is 79. The molecule has 0 spiro atoms. The number of ether oxygens (including phenoxy) is 4. The summed E-state index contributed by atoms with van der Waals surface area (Å²) in [6.45, 7) is 9.59. The molecule has 0 aliphatic heterocycles. The molecule has 0 aliphatic carbocycles. The van der Waals surface area contributed by atoms with Crippen molar-refractivity contribution in [1.82, 2.24) is 0 Å². The lowest BCUT2D eigenvalue weighted by Crippen LogP contribution is -2.30. The first-order chi connectivity index (χ1) is 47.9. The predicted octanol–water partition coefficient (Wildman–Crippen LogP) is 23.9. The Hall–Kier alpha value is -1.94. The second-order valence-corrected chi connectivity index (χ2v) is 32.4. The lowest BCUT2D eigenvalue weighted by Gasteiger charge is -2.21. The van der Waals surface area contributed by atoms with Crippen LogP contribution in [-0.4, -0.2) is 96.7 Å². The van der Waals surface area contributed by atoms with Gasteiger partial charge in [0.2, 0.25) is 0 Å². The molecule has 0 saturated carbocycles. The van der Waals surface area contributed by atoms with Crippen molar-refractivity contribution in [3.63, 3.8) is 0 Å². The van der Waals surface area contributed by atoms with Crippen LogP contribution >= 0.6 is 15.6 Å². The van der Waals surface area contributed by atoms with Gasteiger partial charge in [-0.15, -0.1) is 0 Å². The van der Waals surface area contributed by atoms with Crippen LogP contribution in [0.1, 0.15) is 420 Å². The van der Waals surface area contributed by atoms with Gasteiger partial charge in [-0.05, 0) is 37.5 Å². The molecule has 19 heteroatoms. The van der Waals surface area contributed by atoms with E-state index >= 15 is 0 Å². The van der Waals surface area contributed by atoms with Gasteiger partial charge in [0.25, 0.3) is 0 Å². The smallest absolute Gasteiger partial charge is 0.462 e. The Kier molecular flexibility index (Phi) is 70.3. The van der Waals surface area contributed by atoms with Crippen molar-refractivity contribution in [3.8, 4) is 0 Å². The first kappa shape index (κ1) is 97.1. The van der Waals surface area contributed by atoms with Gasteiger partial charge in [0.1, 0.15) is 19.3 Å². The van der Waals surface area contributed by atoms with Crippen LogP contribution in [0.4, 0.5) is 0 Å². The van der Waals surface area contributed by atoms with E-state index in [2.05, 4.69) is 41.5 Å². The first-order valence-corrected chi connectivity index (χ1v) is 44.5. The van der Waals surface area contributed by atoms with Gasteiger partial charge in [0.05, 0.1) is 26.4 Å². The van der Waals surface area contributed by atoms with Gasteiger partial charge in [-0.2, -0.15) is 0 Å². The van der Waals surface area contributed by atoms with E-state index in [1.165, 1.54) is 231 Å². The molecule has 17 nitrogen and oxygen atoms in total. The van der Waals surface area contributed by atoms with E-state index in [-0.39, 0.29) is 25.7 Å². The van der Waals surface area contributed by atoms with Crippen molar-refractivity contribution in [2.75, 3.05) is 39.6 Å². The van der Waals surface area contributed by atoms with Crippen LogP contribution in [0.25, 0.3) is 0 Å². The zero-order valence-corrected chi connectivity index (χ0v) is 66.6. The average molecular weight is 1450 g/mol. The highest BCUT2D eigenvalue weighted by atomic mass is 31.2. The van der Waals surface area contributed by atoms with Crippen LogP contribution in [0.3, 0.4) is 0 Å². The Morgan fingerprint density at radius 2 is 0.515 bits per heavy atom. The third-order valence-corrected chi connectivity index (χ3v) is 21.0. The number of unbranched alkanes of at least 4 members (excludes halogenated alkanes) is 48. The Balaban J connectivity index is 5.24. The predicted molar refractivity (Wildman–Crippen MR) is 405 cm³/mol. The largest absolute Gasteiger partial charge is 0.472 e. The van der Waals surface area contributed by atoms with Crippen molar-refractivity contribution in [2.24, 2.45) is 11.8 Å². The van der Waals surface area contributed by atoms with Gasteiger partial charge in [0, 0.05) is 25.7 Å². The summed E-state index contributed by atoms with van der Waals surface area (Å²) in [5.74, 6) is -0.614. The molecule has 588 valence electrons. The molecule has 99 heavy (non-hydrogen) atoms. The van der Waals surface area contributed by atoms with E-state index < -0.39 is 97.5 Å². The quantitative estimate of drug-likeness (QED) is 0.0222. The molecule has 0 rings (SSSR count). The number of hydrogen-bond acceptors (Lipinski definition) is 15. The van der Waals surface area contributed by atoms with Crippen LogP contribution in [0.5, 0.6) is 0 Å². The van der Waals surface area contributed by atoms with Crippen LogP contribution in [0.15, 0.2) is 0 Å². The fourth-order valence-electron chi connectivity index (χ4n) is 12.3. The van der Waals surface area contributed by atoms with Crippen molar-refractivity contribution in [3.05, 3.63) is 0 Å². The summed E-state index contributed by atoms with van der Waals surface area (Å²) in [6.07, 6.45) is 61.1. The van der Waals surface area contributed by atoms with E-state index in [0.717, 1.165) is 108 Å². The molecule has 6 atom stereocenters. The monoisotopic (exact) mass is 1450 g/mol. The molecule has 0 amide bonds. The third-order valence-electron chi connectivity index (χ3n) is 19.1. The van der Waals surface area contributed by atoms with Crippen molar-refractivity contribution >= 4 is 39.5 Å². The zero-order valence-electron chi connectivity index (χ0n) is 64.8. The number of esters is 4. The summed E-state index contributed by atoms with van der Waals surface area (Å²) in [6, 6.07) is 0. The highest BCUT2D eigenvalue weighted by Crippen LogP contribution is 2.45. The van der Waals surface area contributed by atoms with E-state index in [1.807, 2.05) is 0 Å². The molecule has 3 N–H and O–H groups in total. The number of hydrogen-bond donors (Lipinski definition) is 3. The fourth-order valence-corrected chi connectivity index (χ4v) is 13.9. The minimum Gasteiger partial charge on any atom is -0.462 e. The first-order valence-electron chi connectivity index (χ1n) is 41.5. The molecule has 0 aromatic rings. The summed E-state index contributed by atoms with van der Waals surface area (Å²) >= 11 is 0. The molecular formula is C80H156O17P2. The van der Waals surface area contributed by atoms with Crippen molar-refractivity contribution in [1.29, 1.82) is 0 Å². The topological polar surface area (TPSA) is 237 Å². The van der Waals surface area contributed by atoms with Crippen LogP contribution < -0.4 is 0 Å². The van der Waals surface area contributed by atoms with Crippen molar-refractivity contribution in [2.45, 2.75) is 439 Å². The summed E-state index contributed by atoms with van der Waals surface area (Å²) < 4.78 is 68.7. The Morgan fingerprint density at radius 1 is 0.293 bits per heavy atom. The molecule has 0 fully saturated rings. The SMILES string of the molecule is CCCCCCCCCCCCCCCCCCCCC(=O)O[C@H](COC(=O)CCCCCCCCCCCCCCCCCCC)COP(=O)(O)OC[C@@H](O)COP(=O)(O)OC[C@@H](COC(=O)CCCCCCCCC(C)CC)OC(=O)CCCCCCCCCCCCCC(C)C. The molecular weight excluding hydrogens is 1290 g/mol. The van der Waals surface area contributed by atoms with Gasteiger partial charge in [0.15, 0.2) is 12.2 Å². The summed E-state index contributed by atoms with van der Waals surface area (Å²) in [5.41, 5.74) is 0. The maximum absolute atomic E-state index is 13.1. The van der Waals surface area contributed by atoms with E-state index in [4.69, 9.17) is 37.0 Å².